The number of carbonyl (C=O) groups excluding carboxylic acids is 15. The van der Waals surface area contributed by atoms with Crippen molar-refractivity contribution in [2.45, 2.75) is 185 Å². The minimum atomic E-state index is -1.91. The number of amides is 15. The Morgan fingerprint density at radius 3 is 1.53 bits per heavy atom. The van der Waals surface area contributed by atoms with Gasteiger partial charge in [-0.2, -0.15) is 0 Å². The molecule has 4 aliphatic heterocycles. The van der Waals surface area contributed by atoms with Gasteiger partial charge in [-0.05, 0) is 109 Å². The number of morpholine rings is 1. The first-order chi connectivity index (χ1) is 61.4. The first kappa shape index (κ1) is 102. The van der Waals surface area contributed by atoms with Crippen molar-refractivity contribution >= 4 is 118 Å². The van der Waals surface area contributed by atoms with Gasteiger partial charge in [0.15, 0.2) is 11.9 Å². The van der Waals surface area contributed by atoms with Crippen LogP contribution in [0.4, 0.5) is 0 Å². The van der Waals surface area contributed by atoms with E-state index in [2.05, 4.69) is 74.1 Å². The third-order valence-corrected chi connectivity index (χ3v) is 23.4. The van der Waals surface area contributed by atoms with Crippen LogP contribution in [0.3, 0.4) is 0 Å². The van der Waals surface area contributed by atoms with Crippen molar-refractivity contribution in [1.82, 2.24) is 93.7 Å². The largest absolute Gasteiger partial charge is 0.481 e. The van der Waals surface area contributed by atoms with Crippen molar-refractivity contribution < 1.29 is 86.6 Å². The van der Waals surface area contributed by atoms with E-state index in [1.54, 1.807) is 96.4 Å². The number of pyridine rings is 1. The molecule has 0 saturated carbocycles. The van der Waals surface area contributed by atoms with Gasteiger partial charge in [-0.3, -0.25) is 97.4 Å². The van der Waals surface area contributed by atoms with Crippen molar-refractivity contribution in [1.29, 1.82) is 10.8 Å². The summed E-state index contributed by atoms with van der Waals surface area (Å²) < 4.78 is 5.63. The lowest BCUT2D eigenvalue weighted by Crippen LogP contribution is -2.62. The van der Waals surface area contributed by atoms with E-state index in [9.17, 15) is 67.4 Å². The highest BCUT2D eigenvalue weighted by Crippen LogP contribution is 2.26. The average molecular weight is 1810 g/mol. The van der Waals surface area contributed by atoms with Crippen LogP contribution in [-0.4, -0.2) is 299 Å². The first-order valence-corrected chi connectivity index (χ1v) is 44.4. The minimum Gasteiger partial charge on any atom is -0.481 e. The first-order valence-electron chi connectivity index (χ1n) is 43.3. The third kappa shape index (κ3) is 31.5. The van der Waals surface area contributed by atoms with Crippen LogP contribution in [-0.2, 0) is 94.3 Å². The summed E-state index contributed by atoms with van der Waals surface area (Å²) in [7, 11) is 1.31. The number of hydrogen-bond donors (Lipinski definition) is 19. The number of thioether (sulfide) groups is 1. The lowest BCUT2D eigenvalue weighted by atomic mass is 9.98. The third-order valence-electron chi connectivity index (χ3n) is 22.4. The molecule has 0 bridgehead atoms. The molecule has 0 aliphatic carbocycles. The molecule has 700 valence electrons. The van der Waals surface area contributed by atoms with E-state index < -0.39 is 222 Å². The van der Waals surface area contributed by atoms with Gasteiger partial charge in [0.1, 0.15) is 72.5 Å². The van der Waals surface area contributed by atoms with Gasteiger partial charge in [0.25, 0.3) is 0 Å². The molecule has 12 atom stereocenters. The predicted octanol–water partition coefficient (Wildman–Crippen LogP) is -2.86. The number of ether oxygens (including phenoxy) is 1. The summed E-state index contributed by atoms with van der Waals surface area (Å²) in [6.45, 7) is 9.17. The zero-order chi connectivity index (χ0) is 94.1. The Labute approximate surface area is 752 Å². The number of carboxylic acid groups (broad SMARTS) is 1. The van der Waals surface area contributed by atoms with Crippen molar-refractivity contribution in [3.63, 3.8) is 0 Å². The molecule has 1 aromatic heterocycles. The summed E-state index contributed by atoms with van der Waals surface area (Å²) in [6.07, 6.45) is 2.12. The highest BCUT2D eigenvalue weighted by atomic mass is 32.2. The van der Waals surface area contributed by atoms with E-state index >= 15 is 14.4 Å². The Kier molecular flexibility index (Phi) is 39.4. The fourth-order valence-corrected chi connectivity index (χ4v) is 16.2. The van der Waals surface area contributed by atoms with Crippen LogP contribution in [0.15, 0.2) is 103 Å². The fourth-order valence-electron chi connectivity index (χ4n) is 15.3. The molecule has 4 fully saturated rings. The molecule has 8 rings (SSSR count). The summed E-state index contributed by atoms with van der Waals surface area (Å²) in [5.74, 6) is -18.8. The second-order valence-electron chi connectivity index (χ2n) is 33.4. The van der Waals surface area contributed by atoms with Crippen molar-refractivity contribution in [3.05, 3.63) is 115 Å². The number of nitrogens with zero attached hydrogens (tertiary/aromatic N) is 5. The number of primary amides is 1. The fraction of sp³-hybridized carbons (Fsp3) is 0.529. The molecule has 5 heterocycles. The number of likely N-dealkylation sites (N-methyl/N-ethyl adjacent to an activating group) is 1. The van der Waals surface area contributed by atoms with Crippen LogP contribution < -0.4 is 86.3 Å². The SMILES string of the molecule is CC(C)[C@@H]1NC(=O)[C@H](CCCNC(=N)N)NC(=O)[C@H](C(C)C)NC(=O)[C@@H]2CCCN2C(=O)[C@H](C(C)C)NC(=O)[C@H](CCCNC(=N)N)NC(=O)[C@H](CC(=O)O)NC(=O)[C@@H]2CCCN2C(=O)CN(C)C(=O)[C@H](Cc2ccc(-c3cccnc3)cc2)NC(=O)[C@H](Cc2ccc(-c3ccccc3)cc2)NC(=O)[C@H](CN2CCOCC2)NC(=O)CSC[C@@H](C(=O)NCC(N)=O)NC1=O. The van der Waals surface area contributed by atoms with Crippen molar-refractivity contribution in [2.75, 3.05) is 90.7 Å². The van der Waals surface area contributed by atoms with E-state index in [0.29, 0.717) is 24.2 Å². The molecule has 0 radical (unpaired) electrons. The maximum absolute atomic E-state index is 15.6. The summed E-state index contributed by atoms with van der Waals surface area (Å²) in [6, 6.07) is 9.41. The number of nitrogens with two attached hydrogens (primary N) is 3. The van der Waals surface area contributed by atoms with Gasteiger partial charge >= 0.3 is 5.97 Å². The summed E-state index contributed by atoms with van der Waals surface area (Å²) in [5, 5.41) is 60.4. The molecular formula is C87H123N23O18S. The Hall–Kier alpha value is -12.9. The van der Waals surface area contributed by atoms with E-state index in [1.807, 2.05) is 53.4 Å². The lowest BCUT2D eigenvalue weighted by Gasteiger charge is -2.33. The number of carbonyl (C=O) groups is 16. The van der Waals surface area contributed by atoms with Crippen LogP contribution in [0.1, 0.15) is 110 Å². The van der Waals surface area contributed by atoms with Gasteiger partial charge < -0.3 is 111 Å². The molecular weight excluding hydrogens is 1690 g/mol. The van der Waals surface area contributed by atoms with E-state index in [4.69, 9.17) is 32.8 Å². The van der Waals surface area contributed by atoms with E-state index in [-0.39, 0.29) is 116 Å². The molecule has 22 N–H and O–H groups in total. The molecule has 0 spiro atoms. The number of aromatic nitrogens is 1. The average Bonchev–Trinajstić information content (AvgIpc) is 1.74. The van der Waals surface area contributed by atoms with Crippen LogP contribution >= 0.6 is 11.8 Å². The minimum absolute atomic E-state index is 0.000888. The Balaban J connectivity index is 1.18. The molecule has 42 heteroatoms. The molecule has 4 saturated heterocycles. The van der Waals surface area contributed by atoms with Gasteiger partial charge in [-0.25, -0.2) is 0 Å². The van der Waals surface area contributed by atoms with Gasteiger partial charge in [0.05, 0.1) is 38.5 Å². The van der Waals surface area contributed by atoms with E-state index in [0.717, 1.165) is 38.9 Å². The Morgan fingerprint density at radius 1 is 0.512 bits per heavy atom. The Bertz CT molecular complexity index is 4610. The number of guanidine groups is 2. The van der Waals surface area contributed by atoms with Crippen LogP contribution in [0, 0.1) is 28.6 Å². The molecule has 15 amide bonds. The van der Waals surface area contributed by atoms with E-state index in [1.165, 1.54) is 16.8 Å². The molecule has 4 aliphatic rings. The smallest absolute Gasteiger partial charge is 0.305 e. The maximum Gasteiger partial charge on any atom is 0.305 e. The lowest BCUT2D eigenvalue weighted by molar-refractivity contribution is -0.145. The second-order valence-corrected chi connectivity index (χ2v) is 34.4. The molecule has 4 aromatic rings. The predicted molar refractivity (Wildman–Crippen MR) is 477 cm³/mol. The number of fused-ring (bicyclic) bond motifs is 2. The van der Waals surface area contributed by atoms with Gasteiger partial charge in [0.2, 0.25) is 88.6 Å². The molecule has 3 aromatic carbocycles. The highest BCUT2D eigenvalue weighted by Gasteiger charge is 2.44. The standard InChI is InChI=1S/C87H123N23O18S/c1-49(2)71-83(125)103-64(74(116)96-44-67(88)111)47-129-48-68(112)97-63(45-108-36-38-128-39-37-108)79(121)100-60(40-52-23-27-55(28-24-52)54-16-9-8-10-17-54)77(119)102-62(41-53-25-29-56(30-26-53)57-18-11-31-93-43-57)84(126)107(7)46-69(113)109-34-14-21-65(109)80(122)101-61(42-70(114)115)78(120)98-58(19-12-32-94-86(89)90)76(118)106-73(51(5)6)85(127)110-35-15-22-66(110)81(123)105-72(50(3)4)82(124)99-59(75(117)104-71)20-13-33-95-87(91)92/h8-11,16-18,23-31,43,49-51,58-66,71-73H,12-15,19-22,32-42,44-48H2,1-7H3,(H2,88,111)(H,96,116)(H,97,112)(H,98,120)(H,99,124)(H,100,121)(H,101,122)(H,102,119)(H,103,125)(H,104,117)(H,105,123)(H,106,118)(H,114,115)(H4,89,90,94)(H4,91,92,95)/t58-,59-,60-,61-,62-,63-,64-,65-,66-,71-,72-,73-/m0/s1. The van der Waals surface area contributed by atoms with Crippen LogP contribution in [0.25, 0.3) is 22.3 Å². The number of hydrogen-bond acceptors (Lipinski definition) is 22. The zero-order valence-corrected chi connectivity index (χ0v) is 74.5. The number of rotatable bonds is 24. The maximum atomic E-state index is 15.6. The van der Waals surface area contributed by atoms with Crippen molar-refractivity contribution in [3.8, 4) is 22.3 Å². The summed E-state index contributed by atoms with van der Waals surface area (Å²) in [4.78, 5) is 242. The van der Waals surface area contributed by atoms with Gasteiger partial charge in [0, 0.05) is 83.8 Å². The number of aliphatic carboxylic acids is 1. The normalized spacial score (nSPS) is 24.0. The molecule has 0 unspecified atom stereocenters. The summed E-state index contributed by atoms with van der Waals surface area (Å²) in [5.41, 5.74) is 20.9. The number of nitrogens with one attached hydrogen (secondary N) is 15. The zero-order valence-electron chi connectivity index (χ0n) is 73.7. The molecule has 129 heavy (non-hydrogen) atoms. The number of carboxylic acids is 1. The molecule has 41 nitrogen and oxygen atoms in total. The van der Waals surface area contributed by atoms with Crippen molar-refractivity contribution in [2.24, 2.45) is 35.0 Å². The quantitative estimate of drug-likeness (QED) is 0.0191. The van der Waals surface area contributed by atoms with Crippen LogP contribution in [0.5, 0.6) is 0 Å². The van der Waals surface area contributed by atoms with Gasteiger partial charge in [-0.1, -0.05) is 126 Å². The highest BCUT2D eigenvalue weighted by molar-refractivity contribution is 8.00. The number of benzene rings is 3. The Morgan fingerprint density at radius 2 is 0.977 bits per heavy atom. The monoisotopic (exact) mass is 1810 g/mol. The van der Waals surface area contributed by atoms with Gasteiger partial charge in [-0.15, -0.1) is 11.8 Å². The van der Waals surface area contributed by atoms with Crippen LogP contribution in [0.2, 0.25) is 0 Å². The topological polar surface area (TPSA) is 611 Å². The second kappa shape index (κ2) is 50.0. The summed E-state index contributed by atoms with van der Waals surface area (Å²) >= 11 is 0.826.